The number of aryl methyl sites for hydroxylation is 1. The summed E-state index contributed by atoms with van der Waals surface area (Å²) in [5.41, 5.74) is 3.03. The van der Waals surface area contributed by atoms with E-state index in [1.807, 2.05) is 36.6 Å². The van der Waals surface area contributed by atoms with Gasteiger partial charge in [-0.05, 0) is 73.3 Å². The molecule has 3 aromatic carbocycles. The number of thiazole rings is 1. The summed E-state index contributed by atoms with van der Waals surface area (Å²) in [6, 6.07) is 23.2. The van der Waals surface area contributed by atoms with Gasteiger partial charge in [0.25, 0.3) is 0 Å². The topological polar surface area (TPSA) is 58.7 Å². The molecule has 184 valence electrons. The molecule has 1 aliphatic heterocycles. The summed E-state index contributed by atoms with van der Waals surface area (Å²) in [4.78, 5) is 6.88. The number of benzene rings is 3. The van der Waals surface area contributed by atoms with Gasteiger partial charge in [-0.2, -0.15) is 0 Å². The summed E-state index contributed by atoms with van der Waals surface area (Å²) in [7, 11) is 0. The lowest BCUT2D eigenvalue weighted by molar-refractivity contribution is 0.0599. The minimum absolute atomic E-state index is 0.250. The SMILES string of the molecule is Cc1nc(-c2cc3c(OC[C@@H](O)CN4CCC(c5ccc6ccccc6c5)CC4)cccc3o2)cs1. The molecule has 0 spiro atoms. The molecule has 0 aliphatic carbocycles. The molecule has 6 heteroatoms. The zero-order valence-electron chi connectivity index (χ0n) is 20.4. The van der Waals surface area contributed by atoms with Crippen LogP contribution in [0.5, 0.6) is 5.75 Å². The molecule has 1 fully saturated rings. The maximum atomic E-state index is 10.7. The van der Waals surface area contributed by atoms with Crippen molar-refractivity contribution in [3.63, 3.8) is 0 Å². The molecule has 0 radical (unpaired) electrons. The van der Waals surface area contributed by atoms with Gasteiger partial charge < -0.3 is 19.2 Å². The molecule has 1 N–H and O–H groups in total. The lowest BCUT2D eigenvalue weighted by atomic mass is 9.88. The van der Waals surface area contributed by atoms with E-state index in [1.165, 1.54) is 16.3 Å². The highest BCUT2D eigenvalue weighted by molar-refractivity contribution is 7.09. The number of rotatable bonds is 7. The number of furan rings is 1. The Balaban J connectivity index is 1.04. The molecule has 2 aromatic heterocycles. The highest BCUT2D eigenvalue weighted by Gasteiger charge is 2.23. The Bertz CT molecular complexity index is 1480. The van der Waals surface area contributed by atoms with Crippen molar-refractivity contribution in [1.29, 1.82) is 0 Å². The molecule has 5 nitrogen and oxygen atoms in total. The fourth-order valence-electron chi connectivity index (χ4n) is 5.21. The third kappa shape index (κ3) is 4.89. The number of hydrogen-bond donors (Lipinski definition) is 1. The largest absolute Gasteiger partial charge is 0.490 e. The van der Waals surface area contributed by atoms with Gasteiger partial charge in [0.05, 0.1) is 10.4 Å². The predicted molar refractivity (Wildman–Crippen MR) is 146 cm³/mol. The molecule has 0 bridgehead atoms. The maximum Gasteiger partial charge on any atom is 0.154 e. The van der Waals surface area contributed by atoms with E-state index in [0.29, 0.717) is 12.5 Å². The van der Waals surface area contributed by atoms with Gasteiger partial charge in [0, 0.05) is 11.9 Å². The summed E-state index contributed by atoms with van der Waals surface area (Å²) in [5, 5.41) is 17.2. The zero-order valence-corrected chi connectivity index (χ0v) is 21.2. The molecule has 0 unspecified atom stereocenters. The van der Waals surface area contributed by atoms with E-state index in [0.717, 1.165) is 59.1 Å². The van der Waals surface area contributed by atoms with E-state index in [9.17, 15) is 5.11 Å². The van der Waals surface area contributed by atoms with Crippen LogP contribution in [0.4, 0.5) is 0 Å². The number of aliphatic hydroxyl groups excluding tert-OH is 1. The minimum Gasteiger partial charge on any atom is -0.490 e. The molecule has 3 heterocycles. The fraction of sp³-hybridized carbons (Fsp3) is 0.300. The minimum atomic E-state index is -0.551. The summed E-state index contributed by atoms with van der Waals surface area (Å²) >= 11 is 1.60. The quantitative estimate of drug-likeness (QED) is 0.273. The van der Waals surface area contributed by atoms with Gasteiger partial charge in [-0.3, -0.25) is 0 Å². The fourth-order valence-corrected chi connectivity index (χ4v) is 5.81. The molecule has 1 aliphatic rings. The smallest absolute Gasteiger partial charge is 0.154 e. The van der Waals surface area contributed by atoms with E-state index < -0.39 is 6.10 Å². The van der Waals surface area contributed by atoms with Crippen LogP contribution in [0.1, 0.15) is 29.3 Å². The summed E-state index contributed by atoms with van der Waals surface area (Å²) in [6.07, 6.45) is 1.67. The Morgan fingerprint density at radius 2 is 1.89 bits per heavy atom. The van der Waals surface area contributed by atoms with Crippen molar-refractivity contribution in [2.24, 2.45) is 0 Å². The Morgan fingerprint density at radius 3 is 2.69 bits per heavy atom. The first kappa shape index (κ1) is 23.2. The standard InChI is InChI=1S/C30H30N2O3S/c1-20-31-27(19-36-20)30-16-26-28(7-4-8-29(26)35-30)34-18-25(33)17-32-13-11-22(12-14-32)24-10-9-21-5-2-3-6-23(21)15-24/h2-10,15-16,19,22,25,33H,11-14,17-18H2,1H3/t25-/m0/s1. The van der Waals surface area contributed by atoms with Gasteiger partial charge in [0.15, 0.2) is 5.76 Å². The average Bonchev–Trinajstić information content (AvgIpc) is 3.54. The number of aliphatic hydroxyl groups is 1. The highest BCUT2D eigenvalue weighted by atomic mass is 32.1. The second-order valence-electron chi connectivity index (χ2n) is 9.68. The average molecular weight is 499 g/mol. The summed E-state index contributed by atoms with van der Waals surface area (Å²) < 4.78 is 12.1. The van der Waals surface area contributed by atoms with Crippen LogP contribution in [0.3, 0.4) is 0 Å². The van der Waals surface area contributed by atoms with Crippen LogP contribution in [0, 0.1) is 6.92 Å². The van der Waals surface area contributed by atoms with E-state index in [1.54, 1.807) is 11.3 Å². The van der Waals surface area contributed by atoms with Gasteiger partial charge in [-0.15, -0.1) is 11.3 Å². The third-order valence-electron chi connectivity index (χ3n) is 7.13. The number of fused-ring (bicyclic) bond motifs is 2. The van der Waals surface area contributed by atoms with Gasteiger partial charge in [-0.25, -0.2) is 4.98 Å². The van der Waals surface area contributed by atoms with E-state index in [-0.39, 0.29) is 6.61 Å². The van der Waals surface area contributed by atoms with Gasteiger partial charge >= 0.3 is 0 Å². The Hall–Kier alpha value is -3.19. The Labute approximate surface area is 215 Å². The molecular weight excluding hydrogens is 468 g/mol. The second-order valence-corrected chi connectivity index (χ2v) is 10.7. The number of likely N-dealkylation sites (tertiary alicyclic amines) is 1. The van der Waals surface area contributed by atoms with Crippen LogP contribution in [0.25, 0.3) is 33.2 Å². The van der Waals surface area contributed by atoms with E-state index in [2.05, 4.69) is 52.3 Å². The van der Waals surface area contributed by atoms with Crippen LogP contribution in [-0.4, -0.2) is 47.3 Å². The van der Waals surface area contributed by atoms with Crippen molar-refractivity contribution in [3.8, 4) is 17.2 Å². The molecule has 0 amide bonds. The zero-order chi connectivity index (χ0) is 24.5. The number of hydrogen-bond acceptors (Lipinski definition) is 6. The van der Waals surface area contributed by atoms with Gasteiger partial charge in [-0.1, -0.05) is 48.5 Å². The van der Waals surface area contributed by atoms with Crippen molar-refractivity contribution in [3.05, 3.63) is 82.7 Å². The second kappa shape index (κ2) is 10.1. The molecule has 1 atom stereocenters. The molecule has 6 rings (SSSR count). The summed E-state index contributed by atoms with van der Waals surface area (Å²) in [6.45, 7) is 4.83. The van der Waals surface area contributed by atoms with E-state index in [4.69, 9.17) is 9.15 Å². The van der Waals surface area contributed by atoms with Crippen molar-refractivity contribution >= 4 is 33.1 Å². The van der Waals surface area contributed by atoms with Crippen LogP contribution in [0.15, 0.2) is 76.5 Å². The Morgan fingerprint density at radius 1 is 1.06 bits per heavy atom. The van der Waals surface area contributed by atoms with Crippen molar-refractivity contribution in [1.82, 2.24) is 9.88 Å². The van der Waals surface area contributed by atoms with Crippen molar-refractivity contribution < 1.29 is 14.3 Å². The number of nitrogens with zero attached hydrogens (tertiary/aromatic N) is 2. The van der Waals surface area contributed by atoms with Gasteiger partial charge in [0.2, 0.25) is 0 Å². The molecule has 36 heavy (non-hydrogen) atoms. The Kier molecular flexibility index (Phi) is 6.48. The van der Waals surface area contributed by atoms with Crippen LogP contribution in [-0.2, 0) is 0 Å². The predicted octanol–water partition coefficient (Wildman–Crippen LogP) is 6.64. The van der Waals surface area contributed by atoms with E-state index >= 15 is 0 Å². The number of piperidine rings is 1. The lowest BCUT2D eigenvalue weighted by Gasteiger charge is -2.33. The lowest BCUT2D eigenvalue weighted by Crippen LogP contribution is -2.40. The first-order chi connectivity index (χ1) is 17.6. The first-order valence-corrected chi connectivity index (χ1v) is 13.5. The molecule has 1 saturated heterocycles. The number of ether oxygens (including phenoxy) is 1. The number of aromatic nitrogens is 1. The molecule has 5 aromatic rings. The van der Waals surface area contributed by atoms with Crippen molar-refractivity contribution in [2.75, 3.05) is 26.2 Å². The monoisotopic (exact) mass is 498 g/mol. The van der Waals surface area contributed by atoms with Crippen LogP contribution in [0.2, 0.25) is 0 Å². The van der Waals surface area contributed by atoms with Gasteiger partial charge in [0.1, 0.15) is 29.7 Å². The van der Waals surface area contributed by atoms with Crippen molar-refractivity contribution in [2.45, 2.75) is 31.8 Å². The summed E-state index contributed by atoms with van der Waals surface area (Å²) in [5.74, 6) is 2.04. The molecule has 0 saturated carbocycles. The van der Waals surface area contributed by atoms with Crippen LogP contribution >= 0.6 is 11.3 Å². The first-order valence-electron chi connectivity index (χ1n) is 12.6. The number of β-amino-alcohol motifs (C(OH)–C–C–N with tert-alkyl or cyclic N) is 1. The normalized spacial score (nSPS) is 16.1. The highest BCUT2D eigenvalue weighted by Crippen LogP contribution is 2.34. The maximum absolute atomic E-state index is 10.7. The molecular formula is C30H30N2O3S. The van der Waals surface area contributed by atoms with Crippen LogP contribution < -0.4 is 4.74 Å². The third-order valence-corrected chi connectivity index (χ3v) is 7.90.